The summed E-state index contributed by atoms with van der Waals surface area (Å²) in [5.41, 5.74) is 5.01. The van der Waals surface area contributed by atoms with Gasteiger partial charge in [-0.25, -0.2) is 0 Å². The summed E-state index contributed by atoms with van der Waals surface area (Å²) >= 11 is 0. The molecule has 2 N–H and O–H groups in total. The van der Waals surface area contributed by atoms with Gasteiger partial charge in [0.15, 0.2) is 0 Å². The molecule has 74 valence electrons. The average Bonchev–Trinajstić information content (AvgIpc) is 2.09. The third-order valence-electron chi connectivity index (χ3n) is 1.99. The molecule has 0 heterocycles. The molecule has 0 atom stereocenters. The van der Waals surface area contributed by atoms with Crippen molar-refractivity contribution in [1.29, 1.82) is 0 Å². The Labute approximate surface area is 80.9 Å². The summed E-state index contributed by atoms with van der Waals surface area (Å²) in [6.45, 7) is 0. The summed E-state index contributed by atoms with van der Waals surface area (Å²) in [5.74, 6) is 2.44. The van der Waals surface area contributed by atoms with Gasteiger partial charge in [-0.1, -0.05) is 25.7 Å². The van der Waals surface area contributed by atoms with Gasteiger partial charge in [-0.3, -0.25) is 4.79 Å². The third-order valence-corrected chi connectivity index (χ3v) is 1.99. The summed E-state index contributed by atoms with van der Waals surface area (Å²) in [6, 6.07) is 0. The molecule has 2 heteroatoms. The van der Waals surface area contributed by atoms with Crippen LogP contribution < -0.4 is 5.73 Å². The van der Waals surface area contributed by atoms with Gasteiger partial charge in [-0.2, -0.15) is 0 Å². The van der Waals surface area contributed by atoms with E-state index in [9.17, 15) is 4.79 Å². The van der Waals surface area contributed by atoms with Gasteiger partial charge in [0, 0.05) is 12.8 Å². The predicted octanol–water partition coefficient (Wildman–Crippen LogP) is 2.23. The minimum Gasteiger partial charge on any atom is -0.370 e. The number of nitrogens with two attached hydrogens (primary N) is 1. The van der Waals surface area contributed by atoms with Crippen molar-refractivity contribution in [3.05, 3.63) is 0 Å². The highest BCUT2D eigenvalue weighted by Gasteiger charge is 1.94. The van der Waals surface area contributed by atoms with Crippen molar-refractivity contribution in [2.45, 2.75) is 51.4 Å². The van der Waals surface area contributed by atoms with E-state index in [0.717, 1.165) is 25.7 Å². The molecular weight excluding hydrogens is 162 g/mol. The number of unbranched alkanes of at least 4 members (excludes halogenated alkanes) is 6. The van der Waals surface area contributed by atoms with E-state index in [2.05, 4.69) is 5.92 Å². The molecule has 0 saturated heterocycles. The van der Waals surface area contributed by atoms with Crippen LogP contribution in [0.1, 0.15) is 51.4 Å². The van der Waals surface area contributed by atoms with Crippen molar-refractivity contribution in [2.75, 3.05) is 0 Å². The van der Waals surface area contributed by atoms with Gasteiger partial charge in [0.2, 0.25) is 5.91 Å². The maximum absolute atomic E-state index is 10.4. The topological polar surface area (TPSA) is 43.1 Å². The van der Waals surface area contributed by atoms with Gasteiger partial charge in [0.05, 0.1) is 0 Å². The number of amides is 1. The summed E-state index contributed by atoms with van der Waals surface area (Å²) in [5, 5.41) is 0. The number of carbonyl (C=O) groups excluding carboxylic acids is 1. The third kappa shape index (κ3) is 11.0. The Morgan fingerprint density at radius 1 is 1.08 bits per heavy atom. The van der Waals surface area contributed by atoms with Gasteiger partial charge in [-0.05, 0) is 12.8 Å². The van der Waals surface area contributed by atoms with Crippen LogP contribution in [0.25, 0.3) is 0 Å². The summed E-state index contributed by atoms with van der Waals surface area (Å²) in [4.78, 5) is 10.4. The highest BCUT2D eigenvalue weighted by atomic mass is 16.1. The number of rotatable bonds is 8. The van der Waals surface area contributed by atoms with Gasteiger partial charge in [0.25, 0.3) is 0 Å². The highest BCUT2D eigenvalue weighted by Crippen LogP contribution is 2.07. The van der Waals surface area contributed by atoms with Crippen LogP contribution in [-0.4, -0.2) is 5.91 Å². The summed E-state index contributed by atoms with van der Waals surface area (Å²) in [7, 11) is 0. The van der Waals surface area contributed by atoms with Crippen molar-refractivity contribution in [1.82, 2.24) is 0 Å². The van der Waals surface area contributed by atoms with Crippen molar-refractivity contribution in [3.8, 4) is 12.3 Å². The molecule has 0 aromatic heterocycles. The Hall–Kier alpha value is -0.970. The summed E-state index contributed by atoms with van der Waals surface area (Å²) in [6.07, 6.45) is 13.3. The average molecular weight is 181 g/mol. The zero-order chi connectivity index (χ0) is 9.94. The highest BCUT2D eigenvalue weighted by molar-refractivity contribution is 5.73. The minimum absolute atomic E-state index is 0.188. The van der Waals surface area contributed by atoms with Gasteiger partial charge >= 0.3 is 0 Å². The lowest BCUT2D eigenvalue weighted by atomic mass is 10.1. The van der Waals surface area contributed by atoms with Crippen LogP contribution in [0, 0.1) is 12.3 Å². The number of primary amides is 1. The molecule has 0 fully saturated rings. The molecule has 2 nitrogen and oxygen atoms in total. The molecule has 13 heavy (non-hydrogen) atoms. The van der Waals surface area contributed by atoms with Gasteiger partial charge in [0.1, 0.15) is 0 Å². The maximum atomic E-state index is 10.4. The molecule has 0 aliphatic rings. The molecule has 0 aliphatic heterocycles. The fourth-order valence-electron chi connectivity index (χ4n) is 1.23. The Morgan fingerprint density at radius 3 is 2.15 bits per heavy atom. The first-order valence-corrected chi connectivity index (χ1v) is 4.99. The normalized spacial score (nSPS) is 9.46. The minimum atomic E-state index is -0.188. The van der Waals surface area contributed by atoms with Crippen LogP contribution in [0.2, 0.25) is 0 Å². The van der Waals surface area contributed by atoms with Gasteiger partial charge < -0.3 is 5.73 Å². The largest absolute Gasteiger partial charge is 0.370 e. The zero-order valence-electron chi connectivity index (χ0n) is 8.22. The SMILES string of the molecule is C#CCCCCCCCCC(N)=O. The Kier molecular flexibility index (Phi) is 8.44. The van der Waals surface area contributed by atoms with Gasteiger partial charge in [-0.15, -0.1) is 12.3 Å². The van der Waals surface area contributed by atoms with Crippen molar-refractivity contribution in [3.63, 3.8) is 0 Å². The van der Waals surface area contributed by atoms with Crippen molar-refractivity contribution in [2.24, 2.45) is 5.73 Å². The molecule has 0 bridgehead atoms. The van der Waals surface area contributed by atoms with E-state index < -0.39 is 0 Å². The second-order valence-electron chi connectivity index (χ2n) is 3.29. The molecule has 0 unspecified atom stereocenters. The fraction of sp³-hybridized carbons (Fsp3) is 0.727. The lowest BCUT2D eigenvalue weighted by Crippen LogP contribution is -2.09. The number of carbonyl (C=O) groups is 1. The molecule has 0 aliphatic carbocycles. The second-order valence-corrected chi connectivity index (χ2v) is 3.29. The van der Waals surface area contributed by atoms with Crippen LogP contribution >= 0.6 is 0 Å². The Morgan fingerprint density at radius 2 is 1.62 bits per heavy atom. The lowest BCUT2D eigenvalue weighted by Gasteiger charge is -1.98. The van der Waals surface area contributed by atoms with Crippen LogP contribution in [0.3, 0.4) is 0 Å². The quantitative estimate of drug-likeness (QED) is 0.453. The predicted molar refractivity (Wildman–Crippen MR) is 55.0 cm³/mol. The van der Waals surface area contributed by atoms with E-state index in [1.807, 2.05) is 0 Å². The van der Waals surface area contributed by atoms with Crippen LogP contribution in [-0.2, 0) is 4.79 Å². The van der Waals surface area contributed by atoms with Crippen molar-refractivity contribution >= 4 is 5.91 Å². The molecular formula is C11H19NO. The lowest BCUT2D eigenvalue weighted by molar-refractivity contribution is -0.118. The van der Waals surface area contributed by atoms with Crippen LogP contribution in [0.15, 0.2) is 0 Å². The Bertz CT molecular complexity index is 169. The smallest absolute Gasteiger partial charge is 0.217 e. The van der Waals surface area contributed by atoms with E-state index in [0.29, 0.717) is 6.42 Å². The van der Waals surface area contributed by atoms with Crippen LogP contribution in [0.5, 0.6) is 0 Å². The number of terminal acetylenes is 1. The molecule has 0 rings (SSSR count). The zero-order valence-corrected chi connectivity index (χ0v) is 8.22. The number of hydrogen-bond acceptors (Lipinski definition) is 1. The van der Waals surface area contributed by atoms with E-state index in [1.165, 1.54) is 19.3 Å². The molecule has 1 amide bonds. The molecule has 0 radical (unpaired) electrons. The van der Waals surface area contributed by atoms with Crippen LogP contribution in [0.4, 0.5) is 0 Å². The Balaban J connectivity index is 2.92. The fourth-order valence-corrected chi connectivity index (χ4v) is 1.23. The monoisotopic (exact) mass is 181 g/mol. The molecule has 0 spiro atoms. The summed E-state index contributed by atoms with van der Waals surface area (Å²) < 4.78 is 0. The van der Waals surface area contributed by atoms with E-state index in [-0.39, 0.29) is 5.91 Å². The van der Waals surface area contributed by atoms with E-state index >= 15 is 0 Å². The number of hydrogen-bond donors (Lipinski definition) is 1. The molecule has 0 aromatic carbocycles. The maximum Gasteiger partial charge on any atom is 0.217 e. The standard InChI is InChI=1S/C11H19NO/c1-2-3-4-5-6-7-8-9-10-11(12)13/h1H,3-10H2,(H2,12,13). The first-order chi connectivity index (χ1) is 6.27. The molecule has 0 saturated carbocycles. The van der Waals surface area contributed by atoms with E-state index in [4.69, 9.17) is 12.2 Å². The van der Waals surface area contributed by atoms with Crippen molar-refractivity contribution < 1.29 is 4.79 Å². The second kappa shape index (κ2) is 9.12. The first kappa shape index (κ1) is 12.0. The molecule has 0 aromatic rings. The van der Waals surface area contributed by atoms with E-state index in [1.54, 1.807) is 0 Å². The first-order valence-electron chi connectivity index (χ1n) is 4.99.